The van der Waals surface area contributed by atoms with Crippen molar-refractivity contribution in [1.82, 2.24) is 4.98 Å². The van der Waals surface area contributed by atoms with Gasteiger partial charge in [0.15, 0.2) is 8.80 Å². The molecule has 1 nitrogen and oxygen atoms in total. The number of hydrogen-bond donors (Lipinski definition) is 0. The number of rotatable bonds is 1. The molecule has 0 saturated carbocycles. The second kappa shape index (κ2) is 3.09. The van der Waals surface area contributed by atoms with Gasteiger partial charge in [-0.3, -0.25) is 0 Å². The fourth-order valence-electron chi connectivity index (χ4n) is 0.771. The lowest BCUT2D eigenvalue weighted by Gasteiger charge is -2.10. The molecule has 62 valence electrons. The maximum absolute atomic E-state index is 5.85. The Balaban J connectivity index is 3.13. The fourth-order valence-corrected chi connectivity index (χ4v) is 2.36. The smallest absolute Gasteiger partial charge is 0.184 e. The van der Waals surface area contributed by atoms with Crippen LogP contribution in [-0.2, 0) is 4.33 Å². The molecule has 0 aliphatic carbocycles. The van der Waals surface area contributed by atoms with E-state index in [9.17, 15) is 0 Å². The molecule has 0 atom stereocenters. The highest BCUT2D eigenvalue weighted by Crippen LogP contribution is 2.39. The van der Waals surface area contributed by atoms with E-state index < -0.39 is 4.33 Å². The third-order valence-electron chi connectivity index (χ3n) is 1.17. The van der Waals surface area contributed by atoms with Gasteiger partial charge in [-0.1, -0.05) is 34.8 Å². The molecule has 0 amide bonds. The van der Waals surface area contributed by atoms with Crippen molar-refractivity contribution in [1.29, 1.82) is 0 Å². The molecule has 0 unspecified atom stereocenters. The topological polar surface area (TPSA) is 12.9 Å². The van der Waals surface area contributed by atoms with Gasteiger partial charge in [0, 0.05) is 0 Å². The summed E-state index contributed by atoms with van der Waals surface area (Å²) in [4.78, 5) is 4.80. The maximum Gasteiger partial charge on any atom is 0.184 e. The van der Waals surface area contributed by atoms with Crippen LogP contribution < -0.4 is 0 Å². The molecule has 0 aromatic carbocycles. The number of halogens is 3. The Labute approximate surface area is 84.3 Å². The molecule has 1 aromatic heterocycles. The van der Waals surface area contributed by atoms with Crippen LogP contribution >= 0.6 is 46.1 Å². The highest BCUT2D eigenvalue weighted by Gasteiger charge is 2.25. The Hall–Kier alpha value is 0.500. The second-order valence-corrected chi connectivity index (χ2v) is 5.56. The van der Waals surface area contributed by atoms with Gasteiger partial charge in [-0.05, 0) is 13.8 Å². The summed E-state index contributed by atoms with van der Waals surface area (Å²) in [5, 5.41) is 0. The van der Waals surface area contributed by atoms with E-state index in [1.165, 1.54) is 11.3 Å². The zero-order chi connectivity index (χ0) is 8.65. The summed E-state index contributed by atoms with van der Waals surface area (Å²) >= 11 is 18.7. The minimum atomic E-state index is -0.880. The van der Waals surface area contributed by atoms with E-state index in [2.05, 4.69) is 4.98 Å². The minimum absolute atomic E-state index is 0.477. The zero-order valence-corrected chi connectivity index (χ0v) is 9.07. The largest absolute Gasteiger partial charge is 0.230 e. The van der Waals surface area contributed by atoms with Crippen LogP contribution in [0.3, 0.4) is 0 Å². The van der Waals surface area contributed by atoms with Crippen LogP contribution in [0.25, 0.3) is 0 Å². The van der Waals surface area contributed by atoms with E-state index in [-0.39, 0.29) is 0 Å². The Kier molecular flexibility index (Phi) is 2.70. The molecule has 0 radical (unpaired) electrons. The summed E-state index contributed by atoms with van der Waals surface area (Å²) in [5.74, 6) is 0. The first-order chi connectivity index (χ1) is 4.91. The highest BCUT2D eigenvalue weighted by molar-refractivity contribution is 7.16. The molecule has 0 spiro atoms. The van der Waals surface area contributed by atoms with Crippen LogP contribution in [0.1, 0.15) is 17.5 Å². The lowest BCUT2D eigenvalue weighted by atomic mass is 10.3. The van der Waals surface area contributed by atoms with Crippen molar-refractivity contribution in [3.8, 4) is 0 Å². The zero-order valence-electron chi connectivity index (χ0n) is 5.99. The predicted octanol–water partition coefficient (Wildman–Crippen LogP) is 3.76. The number of thiazole rings is 1. The molecule has 1 rings (SSSR count). The third kappa shape index (κ3) is 2.22. The number of aromatic nitrogens is 1. The standard InChI is InChI=1S/C6H6Cl3NS/c1-3-4(6(2,8)9)11-5(7)10-3/h1-2H3. The molecule has 5 heteroatoms. The van der Waals surface area contributed by atoms with Crippen molar-refractivity contribution in [3.63, 3.8) is 0 Å². The average molecular weight is 231 g/mol. The van der Waals surface area contributed by atoms with Gasteiger partial charge in [-0.25, -0.2) is 4.98 Å². The molecule has 0 aliphatic heterocycles. The normalized spacial score (nSPS) is 12.1. The molecule has 11 heavy (non-hydrogen) atoms. The van der Waals surface area contributed by atoms with E-state index >= 15 is 0 Å². The summed E-state index contributed by atoms with van der Waals surface area (Å²) in [7, 11) is 0. The van der Waals surface area contributed by atoms with Crippen molar-refractivity contribution in [2.24, 2.45) is 0 Å². The summed E-state index contributed by atoms with van der Waals surface area (Å²) in [6.45, 7) is 3.54. The van der Waals surface area contributed by atoms with E-state index in [4.69, 9.17) is 34.8 Å². The van der Waals surface area contributed by atoms with Crippen LogP contribution in [0.15, 0.2) is 0 Å². The lowest BCUT2D eigenvalue weighted by Crippen LogP contribution is -2.02. The van der Waals surface area contributed by atoms with E-state index in [1.807, 2.05) is 6.92 Å². The molecule has 0 fully saturated rings. The summed E-state index contributed by atoms with van der Waals surface area (Å²) < 4.78 is -0.403. The Morgan fingerprint density at radius 3 is 2.18 bits per heavy atom. The lowest BCUT2D eigenvalue weighted by molar-refractivity contribution is 0.978. The fraction of sp³-hybridized carbons (Fsp3) is 0.500. The molecular weight excluding hydrogens is 224 g/mol. The van der Waals surface area contributed by atoms with Crippen molar-refractivity contribution in [3.05, 3.63) is 15.0 Å². The van der Waals surface area contributed by atoms with Crippen LogP contribution in [0.5, 0.6) is 0 Å². The SMILES string of the molecule is Cc1nc(Cl)sc1C(C)(Cl)Cl. The quantitative estimate of drug-likeness (QED) is 0.670. The molecule has 0 aliphatic rings. The maximum atomic E-state index is 5.85. The first-order valence-electron chi connectivity index (χ1n) is 2.92. The van der Waals surface area contributed by atoms with Gasteiger partial charge in [0.05, 0.1) is 10.6 Å². The van der Waals surface area contributed by atoms with Gasteiger partial charge in [0.1, 0.15) is 0 Å². The molecular formula is C6H6Cl3NS. The molecule has 0 saturated heterocycles. The van der Waals surface area contributed by atoms with Gasteiger partial charge in [0.25, 0.3) is 0 Å². The van der Waals surface area contributed by atoms with Crippen molar-refractivity contribution < 1.29 is 0 Å². The molecule has 1 aromatic rings. The predicted molar refractivity (Wildman–Crippen MR) is 50.9 cm³/mol. The van der Waals surface area contributed by atoms with E-state index in [0.29, 0.717) is 4.47 Å². The first-order valence-corrected chi connectivity index (χ1v) is 4.87. The van der Waals surface area contributed by atoms with Gasteiger partial charge in [-0.2, -0.15) is 0 Å². The van der Waals surface area contributed by atoms with E-state index in [1.54, 1.807) is 6.92 Å². The molecule has 0 N–H and O–H groups in total. The number of hydrogen-bond acceptors (Lipinski definition) is 2. The van der Waals surface area contributed by atoms with Crippen molar-refractivity contribution >= 4 is 46.1 Å². The van der Waals surface area contributed by atoms with Gasteiger partial charge < -0.3 is 0 Å². The van der Waals surface area contributed by atoms with Gasteiger partial charge in [0.2, 0.25) is 0 Å². The Morgan fingerprint density at radius 2 is 2.00 bits per heavy atom. The Morgan fingerprint density at radius 1 is 1.45 bits per heavy atom. The monoisotopic (exact) mass is 229 g/mol. The second-order valence-electron chi connectivity index (χ2n) is 2.27. The van der Waals surface area contributed by atoms with Crippen LogP contribution in [0, 0.1) is 6.92 Å². The number of alkyl halides is 2. The van der Waals surface area contributed by atoms with Crippen molar-refractivity contribution in [2.75, 3.05) is 0 Å². The van der Waals surface area contributed by atoms with E-state index in [0.717, 1.165) is 10.6 Å². The van der Waals surface area contributed by atoms with Gasteiger partial charge >= 0.3 is 0 Å². The first kappa shape index (κ1) is 9.59. The van der Waals surface area contributed by atoms with Crippen LogP contribution in [0.2, 0.25) is 4.47 Å². The summed E-state index contributed by atoms with van der Waals surface area (Å²) in [6.07, 6.45) is 0. The average Bonchev–Trinajstić information content (AvgIpc) is 2.08. The molecule has 1 heterocycles. The summed E-state index contributed by atoms with van der Waals surface area (Å²) in [5.41, 5.74) is 0.799. The summed E-state index contributed by atoms with van der Waals surface area (Å²) in [6, 6.07) is 0. The van der Waals surface area contributed by atoms with Crippen LogP contribution in [0.4, 0.5) is 0 Å². The van der Waals surface area contributed by atoms with Gasteiger partial charge in [-0.15, -0.1) is 11.3 Å². The highest BCUT2D eigenvalue weighted by atomic mass is 35.5. The number of nitrogens with zero attached hydrogens (tertiary/aromatic N) is 1. The van der Waals surface area contributed by atoms with Crippen molar-refractivity contribution in [2.45, 2.75) is 18.2 Å². The van der Waals surface area contributed by atoms with Crippen LogP contribution in [-0.4, -0.2) is 4.98 Å². The third-order valence-corrected chi connectivity index (χ3v) is 3.25. The minimum Gasteiger partial charge on any atom is -0.230 e. The number of aryl methyl sites for hydroxylation is 1. The Bertz CT molecular complexity index is 263. The molecule has 0 bridgehead atoms.